The first kappa shape index (κ1) is 10.5. The van der Waals surface area contributed by atoms with E-state index in [9.17, 15) is 19.5 Å². The zero-order chi connectivity index (χ0) is 11.8. The lowest BCUT2D eigenvalue weighted by molar-refractivity contribution is -0.131. The van der Waals surface area contributed by atoms with E-state index in [-0.39, 0.29) is 5.56 Å². The van der Waals surface area contributed by atoms with E-state index < -0.39 is 29.6 Å². The molecule has 1 aliphatic heterocycles. The Hall–Kier alpha value is -2.01. The summed E-state index contributed by atoms with van der Waals surface area (Å²) in [6, 6.07) is 7.91. The molecule has 1 fully saturated rings. The Bertz CT molecular complexity index is 468. The predicted octanol–water partition coefficient (Wildman–Crippen LogP) is -0.353. The Morgan fingerprint density at radius 1 is 1.25 bits per heavy atom. The van der Waals surface area contributed by atoms with E-state index in [4.69, 9.17) is 0 Å². The fourth-order valence-corrected chi connectivity index (χ4v) is 1.60. The molecule has 5 heteroatoms. The molecule has 1 aromatic rings. The summed E-state index contributed by atoms with van der Waals surface area (Å²) in [5, 5.41) is 11.8. The molecule has 2 rings (SSSR count). The van der Waals surface area contributed by atoms with Crippen LogP contribution in [0.1, 0.15) is 16.8 Å². The number of hydrogen-bond acceptors (Lipinski definition) is 4. The molecule has 1 saturated heterocycles. The molecule has 1 aromatic carbocycles. The van der Waals surface area contributed by atoms with Gasteiger partial charge in [0.15, 0.2) is 0 Å². The van der Waals surface area contributed by atoms with Gasteiger partial charge >= 0.3 is 0 Å². The zero-order valence-electron chi connectivity index (χ0n) is 8.27. The van der Waals surface area contributed by atoms with E-state index in [0.29, 0.717) is 0 Å². The molecule has 0 aliphatic carbocycles. The molecule has 0 radical (unpaired) electrons. The number of aliphatic hydroxyl groups is 1. The fraction of sp³-hybridized carbons (Fsp3) is 0.182. The number of hydrogen-bond donors (Lipinski definition) is 2. The van der Waals surface area contributed by atoms with Crippen LogP contribution in [-0.2, 0) is 9.59 Å². The highest BCUT2D eigenvalue weighted by molar-refractivity contribution is 6.24. The number of amides is 2. The fourth-order valence-electron chi connectivity index (χ4n) is 1.60. The smallest absolute Gasteiger partial charge is 0.267 e. The molecular formula is C11H9NO4. The van der Waals surface area contributed by atoms with Gasteiger partial charge in [-0.25, -0.2) is 0 Å². The van der Waals surface area contributed by atoms with Crippen LogP contribution in [0.25, 0.3) is 0 Å². The van der Waals surface area contributed by atoms with Crippen molar-refractivity contribution >= 4 is 17.6 Å². The number of ketones is 1. The monoisotopic (exact) mass is 219 g/mol. The standard InChI is InChI=1S/C11H9NO4/c13-8-6-11(16,10(15)12-8)9(14)7-4-2-1-3-5-7/h1-5,16H,6H2,(H,12,13,15). The van der Waals surface area contributed by atoms with E-state index in [1.807, 2.05) is 5.32 Å². The molecule has 0 spiro atoms. The van der Waals surface area contributed by atoms with Crippen LogP contribution >= 0.6 is 0 Å². The molecule has 1 heterocycles. The van der Waals surface area contributed by atoms with Crippen LogP contribution in [0, 0.1) is 0 Å². The Balaban J connectivity index is 2.36. The SMILES string of the molecule is O=C1CC(O)(C(=O)c2ccccc2)C(=O)N1. The van der Waals surface area contributed by atoms with Crippen LogP contribution in [-0.4, -0.2) is 28.3 Å². The third-order valence-electron chi connectivity index (χ3n) is 2.46. The van der Waals surface area contributed by atoms with E-state index in [0.717, 1.165) is 0 Å². The van der Waals surface area contributed by atoms with Crippen molar-refractivity contribution in [1.82, 2.24) is 5.32 Å². The highest BCUT2D eigenvalue weighted by Gasteiger charge is 2.51. The van der Waals surface area contributed by atoms with Gasteiger partial charge in [-0.15, -0.1) is 0 Å². The first-order valence-corrected chi connectivity index (χ1v) is 4.70. The minimum atomic E-state index is -2.25. The zero-order valence-corrected chi connectivity index (χ0v) is 8.27. The molecule has 82 valence electrons. The molecule has 1 unspecified atom stereocenters. The summed E-state index contributed by atoms with van der Waals surface area (Å²) in [5.41, 5.74) is -2.05. The van der Waals surface area contributed by atoms with E-state index >= 15 is 0 Å². The lowest BCUT2D eigenvalue weighted by Crippen LogP contribution is -2.45. The normalized spacial score (nSPS) is 24.3. The van der Waals surface area contributed by atoms with Crippen LogP contribution in [0.4, 0.5) is 0 Å². The van der Waals surface area contributed by atoms with Crippen LogP contribution in [0.15, 0.2) is 30.3 Å². The minimum absolute atomic E-state index is 0.204. The van der Waals surface area contributed by atoms with Gasteiger partial charge in [-0.1, -0.05) is 30.3 Å². The highest BCUT2D eigenvalue weighted by Crippen LogP contribution is 2.22. The topological polar surface area (TPSA) is 83.5 Å². The summed E-state index contributed by atoms with van der Waals surface area (Å²) in [7, 11) is 0. The Kier molecular flexibility index (Phi) is 2.32. The lowest BCUT2D eigenvalue weighted by atomic mass is 9.91. The number of benzene rings is 1. The average Bonchev–Trinajstić information content (AvgIpc) is 2.54. The number of carbonyl (C=O) groups is 3. The van der Waals surface area contributed by atoms with Gasteiger partial charge in [0.05, 0.1) is 6.42 Å². The number of Topliss-reactive ketones (excluding diaryl/α,β-unsaturated/α-hetero) is 1. The maximum Gasteiger partial charge on any atom is 0.267 e. The number of imide groups is 1. The Morgan fingerprint density at radius 2 is 1.88 bits per heavy atom. The van der Waals surface area contributed by atoms with Gasteiger partial charge in [0, 0.05) is 5.56 Å². The van der Waals surface area contributed by atoms with Crippen molar-refractivity contribution < 1.29 is 19.5 Å². The average molecular weight is 219 g/mol. The molecule has 2 N–H and O–H groups in total. The van der Waals surface area contributed by atoms with E-state index in [2.05, 4.69) is 0 Å². The van der Waals surface area contributed by atoms with Crippen LogP contribution in [0.3, 0.4) is 0 Å². The molecule has 0 bridgehead atoms. The van der Waals surface area contributed by atoms with Crippen molar-refractivity contribution in [2.75, 3.05) is 0 Å². The van der Waals surface area contributed by atoms with Gasteiger partial charge in [-0.2, -0.15) is 0 Å². The molecule has 0 aromatic heterocycles. The molecule has 2 amide bonds. The molecule has 5 nitrogen and oxygen atoms in total. The number of rotatable bonds is 2. The summed E-state index contributed by atoms with van der Waals surface area (Å²) in [4.78, 5) is 34.1. The van der Waals surface area contributed by atoms with Crippen molar-refractivity contribution in [3.05, 3.63) is 35.9 Å². The summed E-state index contributed by atoms with van der Waals surface area (Å²) in [6.07, 6.45) is -0.514. The largest absolute Gasteiger partial charge is 0.372 e. The van der Waals surface area contributed by atoms with Gasteiger partial charge in [0.25, 0.3) is 5.91 Å². The van der Waals surface area contributed by atoms with Gasteiger partial charge in [-0.3, -0.25) is 19.7 Å². The van der Waals surface area contributed by atoms with Gasteiger partial charge in [-0.05, 0) is 0 Å². The van der Waals surface area contributed by atoms with E-state index in [1.165, 1.54) is 12.1 Å². The molecular weight excluding hydrogens is 210 g/mol. The lowest BCUT2D eigenvalue weighted by Gasteiger charge is -2.16. The van der Waals surface area contributed by atoms with Crippen LogP contribution in [0.5, 0.6) is 0 Å². The van der Waals surface area contributed by atoms with Crippen molar-refractivity contribution in [3.8, 4) is 0 Å². The van der Waals surface area contributed by atoms with Crippen molar-refractivity contribution in [2.45, 2.75) is 12.0 Å². The summed E-state index contributed by atoms with van der Waals surface area (Å²) in [6.45, 7) is 0. The predicted molar refractivity (Wildman–Crippen MR) is 53.5 cm³/mol. The Labute approximate surface area is 91.1 Å². The third-order valence-corrected chi connectivity index (χ3v) is 2.46. The molecule has 16 heavy (non-hydrogen) atoms. The van der Waals surface area contributed by atoms with E-state index in [1.54, 1.807) is 18.2 Å². The molecule has 1 atom stereocenters. The van der Waals surface area contributed by atoms with Gasteiger partial charge < -0.3 is 5.11 Å². The van der Waals surface area contributed by atoms with Crippen molar-refractivity contribution in [1.29, 1.82) is 0 Å². The summed E-state index contributed by atoms with van der Waals surface area (Å²) in [5.74, 6) is -2.35. The van der Waals surface area contributed by atoms with Crippen LogP contribution < -0.4 is 5.32 Å². The first-order chi connectivity index (χ1) is 7.54. The highest BCUT2D eigenvalue weighted by atomic mass is 16.3. The second-order valence-corrected chi connectivity index (χ2v) is 3.61. The maximum atomic E-state index is 11.9. The number of nitrogens with one attached hydrogen (secondary N) is 1. The second-order valence-electron chi connectivity index (χ2n) is 3.61. The van der Waals surface area contributed by atoms with Gasteiger partial charge in [0.2, 0.25) is 17.3 Å². The summed E-state index contributed by atoms with van der Waals surface area (Å²) >= 11 is 0. The molecule has 0 saturated carbocycles. The van der Waals surface area contributed by atoms with Crippen molar-refractivity contribution in [2.24, 2.45) is 0 Å². The van der Waals surface area contributed by atoms with Gasteiger partial charge in [0.1, 0.15) is 0 Å². The summed E-state index contributed by atoms with van der Waals surface area (Å²) < 4.78 is 0. The van der Waals surface area contributed by atoms with Crippen LogP contribution in [0.2, 0.25) is 0 Å². The second kappa shape index (κ2) is 3.53. The molecule has 1 aliphatic rings. The first-order valence-electron chi connectivity index (χ1n) is 4.70. The Morgan fingerprint density at radius 3 is 2.38 bits per heavy atom. The van der Waals surface area contributed by atoms with Crippen molar-refractivity contribution in [3.63, 3.8) is 0 Å². The third kappa shape index (κ3) is 1.51. The minimum Gasteiger partial charge on any atom is -0.372 e. The quantitative estimate of drug-likeness (QED) is 0.404. The number of carbonyl (C=O) groups excluding carboxylic acids is 3. The maximum absolute atomic E-state index is 11.9.